The van der Waals surface area contributed by atoms with Gasteiger partial charge in [-0.05, 0) is 37.2 Å². The number of nitrogens with two attached hydrogens (primary N) is 1. The normalized spacial score (nSPS) is 9.00. The zero-order valence-electron chi connectivity index (χ0n) is 8.23. The standard InChI is InChI=1S/C10H15NO2.ClH/c1-12-9-3-5-10(6-4-9)13-8-2-7-11;/h3-6H,2,7-8,11H2,1H3;1H. The molecule has 0 heterocycles. The minimum atomic E-state index is 0. The first-order valence-corrected chi connectivity index (χ1v) is 4.33. The molecule has 0 spiro atoms. The predicted octanol–water partition coefficient (Wildman–Crippen LogP) is 1.84. The van der Waals surface area contributed by atoms with Crippen LogP contribution in [0.15, 0.2) is 24.3 Å². The Morgan fingerprint density at radius 1 is 1.14 bits per heavy atom. The van der Waals surface area contributed by atoms with Gasteiger partial charge in [0.15, 0.2) is 0 Å². The number of ether oxygens (including phenoxy) is 2. The maximum absolute atomic E-state index is 5.41. The summed E-state index contributed by atoms with van der Waals surface area (Å²) in [5.41, 5.74) is 5.34. The van der Waals surface area contributed by atoms with E-state index < -0.39 is 0 Å². The number of rotatable bonds is 5. The SMILES string of the molecule is COc1ccc(OCCCN)cc1.Cl. The number of hydrogen-bond acceptors (Lipinski definition) is 3. The summed E-state index contributed by atoms with van der Waals surface area (Å²) in [6, 6.07) is 7.51. The molecule has 1 aromatic carbocycles. The van der Waals surface area contributed by atoms with Crippen LogP contribution in [0.2, 0.25) is 0 Å². The van der Waals surface area contributed by atoms with E-state index in [9.17, 15) is 0 Å². The van der Waals surface area contributed by atoms with E-state index in [1.165, 1.54) is 0 Å². The Balaban J connectivity index is 0.00000169. The summed E-state index contributed by atoms with van der Waals surface area (Å²) in [6.45, 7) is 1.33. The molecule has 0 bridgehead atoms. The molecule has 3 nitrogen and oxygen atoms in total. The topological polar surface area (TPSA) is 44.5 Å². The average Bonchev–Trinajstić information content (AvgIpc) is 2.19. The second-order valence-corrected chi connectivity index (χ2v) is 2.67. The van der Waals surface area contributed by atoms with Crippen molar-refractivity contribution in [3.05, 3.63) is 24.3 Å². The Hall–Kier alpha value is -0.930. The van der Waals surface area contributed by atoms with Gasteiger partial charge in [-0.1, -0.05) is 0 Å². The highest BCUT2D eigenvalue weighted by molar-refractivity contribution is 5.85. The van der Waals surface area contributed by atoms with Crippen LogP contribution in [0, 0.1) is 0 Å². The number of halogens is 1. The third-order valence-corrected chi connectivity index (χ3v) is 1.68. The molecule has 80 valence electrons. The van der Waals surface area contributed by atoms with Gasteiger partial charge >= 0.3 is 0 Å². The van der Waals surface area contributed by atoms with Crippen molar-refractivity contribution in [3.63, 3.8) is 0 Å². The Bertz CT molecular complexity index is 238. The molecule has 0 aromatic heterocycles. The molecule has 4 heteroatoms. The molecule has 0 aliphatic heterocycles. The van der Waals surface area contributed by atoms with E-state index in [0.717, 1.165) is 17.9 Å². The zero-order valence-corrected chi connectivity index (χ0v) is 9.05. The van der Waals surface area contributed by atoms with E-state index >= 15 is 0 Å². The fraction of sp³-hybridized carbons (Fsp3) is 0.400. The van der Waals surface area contributed by atoms with Crippen molar-refractivity contribution in [1.82, 2.24) is 0 Å². The molecule has 0 saturated heterocycles. The Labute approximate surface area is 90.6 Å². The first-order valence-electron chi connectivity index (χ1n) is 4.33. The van der Waals surface area contributed by atoms with Gasteiger partial charge in [0, 0.05) is 0 Å². The first kappa shape index (κ1) is 13.1. The summed E-state index contributed by atoms with van der Waals surface area (Å²) in [6.07, 6.45) is 0.881. The third kappa shape index (κ3) is 4.35. The highest BCUT2D eigenvalue weighted by atomic mass is 35.5. The molecule has 0 fully saturated rings. The van der Waals surface area contributed by atoms with Crippen LogP contribution in [0.25, 0.3) is 0 Å². The summed E-state index contributed by atoms with van der Waals surface area (Å²) < 4.78 is 10.4. The van der Waals surface area contributed by atoms with Gasteiger partial charge in [0.1, 0.15) is 11.5 Å². The Morgan fingerprint density at radius 2 is 1.71 bits per heavy atom. The van der Waals surface area contributed by atoms with Crippen molar-refractivity contribution < 1.29 is 9.47 Å². The zero-order chi connectivity index (χ0) is 9.52. The Morgan fingerprint density at radius 3 is 2.21 bits per heavy atom. The van der Waals surface area contributed by atoms with Crippen LogP contribution in [-0.2, 0) is 0 Å². The number of methoxy groups -OCH3 is 1. The van der Waals surface area contributed by atoms with Crippen molar-refractivity contribution >= 4 is 12.4 Å². The lowest BCUT2D eigenvalue weighted by molar-refractivity contribution is 0.312. The van der Waals surface area contributed by atoms with Gasteiger partial charge in [-0.2, -0.15) is 0 Å². The second-order valence-electron chi connectivity index (χ2n) is 2.67. The minimum Gasteiger partial charge on any atom is -0.497 e. The van der Waals surface area contributed by atoms with Crippen LogP contribution < -0.4 is 15.2 Å². The van der Waals surface area contributed by atoms with Crippen LogP contribution in [0.4, 0.5) is 0 Å². The molecule has 1 aromatic rings. The van der Waals surface area contributed by atoms with E-state index in [4.69, 9.17) is 15.2 Å². The summed E-state index contributed by atoms with van der Waals surface area (Å²) in [5.74, 6) is 1.69. The Kier molecular flexibility index (Phi) is 6.98. The lowest BCUT2D eigenvalue weighted by Gasteiger charge is -2.05. The summed E-state index contributed by atoms with van der Waals surface area (Å²) in [4.78, 5) is 0. The van der Waals surface area contributed by atoms with Crippen molar-refractivity contribution in [1.29, 1.82) is 0 Å². The second kappa shape index (κ2) is 7.47. The van der Waals surface area contributed by atoms with Crippen molar-refractivity contribution in [3.8, 4) is 11.5 Å². The molecular formula is C10H16ClNO2. The molecule has 0 aliphatic carbocycles. The fourth-order valence-corrected chi connectivity index (χ4v) is 0.945. The van der Waals surface area contributed by atoms with E-state index in [2.05, 4.69) is 0 Å². The van der Waals surface area contributed by atoms with Crippen molar-refractivity contribution in [2.75, 3.05) is 20.3 Å². The third-order valence-electron chi connectivity index (χ3n) is 1.68. The highest BCUT2D eigenvalue weighted by Crippen LogP contribution is 2.16. The van der Waals surface area contributed by atoms with E-state index in [0.29, 0.717) is 13.2 Å². The molecule has 0 amide bonds. The van der Waals surface area contributed by atoms with E-state index in [1.807, 2.05) is 24.3 Å². The fourth-order valence-electron chi connectivity index (χ4n) is 0.945. The highest BCUT2D eigenvalue weighted by Gasteiger charge is 1.93. The first-order chi connectivity index (χ1) is 6.36. The molecule has 0 atom stereocenters. The summed E-state index contributed by atoms with van der Waals surface area (Å²) in [5, 5.41) is 0. The molecule has 2 N–H and O–H groups in total. The average molecular weight is 218 g/mol. The maximum Gasteiger partial charge on any atom is 0.119 e. The van der Waals surface area contributed by atoms with Crippen LogP contribution in [-0.4, -0.2) is 20.3 Å². The van der Waals surface area contributed by atoms with E-state index in [-0.39, 0.29) is 12.4 Å². The number of hydrogen-bond donors (Lipinski definition) is 1. The van der Waals surface area contributed by atoms with Gasteiger partial charge in [0.05, 0.1) is 13.7 Å². The molecule has 0 aliphatic rings. The lowest BCUT2D eigenvalue weighted by atomic mass is 10.3. The van der Waals surface area contributed by atoms with Crippen LogP contribution in [0.3, 0.4) is 0 Å². The van der Waals surface area contributed by atoms with Gasteiger partial charge in [-0.15, -0.1) is 12.4 Å². The van der Waals surface area contributed by atoms with Crippen LogP contribution in [0.5, 0.6) is 11.5 Å². The molecule has 0 radical (unpaired) electrons. The van der Waals surface area contributed by atoms with E-state index in [1.54, 1.807) is 7.11 Å². The van der Waals surface area contributed by atoms with Gasteiger partial charge in [-0.25, -0.2) is 0 Å². The summed E-state index contributed by atoms with van der Waals surface area (Å²) in [7, 11) is 1.64. The predicted molar refractivity (Wildman–Crippen MR) is 59.4 cm³/mol. The smallest absolute Gasteiger partial charge is 0.119 e. The van der Waals surface area contributed by atoms with Crippen LogP contribution >= 0.6 is 12.4 Å². The number of benzene rings is 1. The molecule has 14 heavy (non-hydrogen) atoms. The van der Waals surface area contributed by atoms with Crippen LogP contribution in [0.1, 0.15) is 6.42 Å². The quantitative estimate of drug-likeness (QED) is 0.766. The molecule has 1 rings (SSSR count). The van der Waals surface area contributed by atoms with Gasteiger partial charge in [-0.3, -0.25) is 0 Å². The van der Waals surface area contributed by atoms with Gasteiger partial charge in [0.2, 0.25) is 0 Å². The summed E-state index contributed by atoms with van der Waals surface area (Å²) >= 11 is 0. The molecule has 0 saturated carbocycles. The van der Waals surface area contributed by atoms with Gasteiger partial charge in [0.25, 0.3) is 0 Å². The monoisotopic (exact) mass is 217 g/mol. The van der Waals surface area contributed by atoms with Crippen molar-refractivity contribution in [2.45, 2.75) is 6.42 Å². The minimum absolute atomic E-state index is 0. The molecular weight excluding hydrogens is 202 g/mol. The lowest BCUT2D eigenvalue weighted by Crippen LogP contribution is -2.05. The maximum atomic E-state index is 5.41. The van der Waals surface area contributed by atoms with Crippen molar-refractivity contribution in [2.24, 2.45) is 5.73 Å². The molecule has 0 unspecified atom stereocenters. The van der Waals surface area contributed by atoms with Gasteiger partial charge < -0.3 is 15.2 Å². The largest absolute Gasteiger partial charge is 0.497 e.